The second-order valence-electron chi connectivity index (χ2n) is 19.9. The van der Waals surface area contributed by atoms with Gasteiger partial charge in [-0.05, 0) is 160 Å². The molecular formula is C52H60N8O4. The van der Waals surface area contributed by atoms with E-state index in [-0.39, 0.29) is 22.2 Å². The first-order valence-corrected chi connectivity index (χ1v) is 23.5. The first kappa shape index (κ1) is 41.6. The number of hydrogen-bond donors (Lipinski definition) is 0. The van der Waals surface area contributed by atoms with E-state index in [4.69, 9.17) is 0 Å². The molecule has 0 spiro atoms. The third kappa shape index (κ3) is 6.54. The molecule has 0 N–H and O–H groups in total. The molecule has 0 bridgehead atoms. The zero-order valence-corrected chi connectivity index (χ0v) is 38.4. The highest BCUT2D eigenvalue weighted by Gasteiger charge is 2.30. The molecule has 12 nitrogen and oxygen atoms in total. The number of likely N-dealkylation sites (N-methyl/N-ethyl adjacent to an activating group) is 2. The van der Waals surface area contributed by atoms with E-state index in [9.17, 15) is 19.2 Å². The van der Waals surface area contributed by atoms with Crippen molar-refractivity contribution in [2.45, 2.75) is 38.8 Å². The summed E-state index contributed by atoms with van der Waals surface area (Å²) in [6.45, 7) is 12.0. The molecule has 12 heteroatoms. The summed E-state index contributed by atoms with van der Waals surface area (Å²) in [5.41, 5.74) is 1.33. The van der Waals surface area contributed by atoms with Crippen LogP contribution in [0, 0.1) is 0 Å². The van der Waals surface area contributed by atoms with Crippen LogP contribution in [0.5, 0.6) is 0 Å². The summed E-state index contributed by atoms with van der Waals surface area (Å²) in [4.78, 5) is 73.3. The number of hydrogen-bond acceptors (Lipinski definition) is 10. The minimum Gasteiger partial charge on any atom is -0.309 e. The molecule has 2 aliphatic rings. The van der Waals surface area contributed by atoms with E-state index in [0.717, 1.165) is 167 Å². The Morgan fingerprint density at radius 1 is 0.406 bits per heavy atom. The van der Waals surface area contributed by atoms with Gasteiger partial charge in [-0.25, -0.2) is 0 Å². The minimum atomic E-state index is -0.236. The molecule has 0 amide bonds. The average molecular weight is 861 g/mol. The summed E-state index contributed by atoms with van der Waals surface area (Å²) in [6, 6.07) is 12.8. The molecule has 9 aromatic rings. The normalized spacial score (nSPS) is 17.0. The number of rotatable bonds is 14. The van der Waals surface area contributed by atoms with Gasteiger partial charge in [-0.3, -0.25) is 28.3 Å². The van der Waals surface area contributed by atoms with Gasteiger partial charge in [0.05, 0.1) is 0 Å². The molecule has 2 saturated heterocycles. The molecule has 11 rings (SSSR count). The van der Waals surface area contributed by atoms with Gasteiger partial charge in [-0.2, -0.15) is 0 Å². The van der Waals surface area contributed by atoms with Crippen molar-refractivity contribution >= 4 is 86.2 Å². The fourth-order valence-corrected chi connectivity index (χ4v) is 11.7. The number of benzene rings is 7. The van der Waals surface area contributed by atoms with Crippen LogP contribution in [-0.4, -0.2) is 159 Å². The molecule has 0 unspecified atom stereocenters. The monoisotopic (exact) mass is 860 g/mol. The van der Waals surface area contributed by atoms with E-state index in [1.807, 2.05) is 28.2 Å². The van der Waals surface area contributed by atoms with Crippen LogP contribution in [0.1, 0.15) is 24.0 Å². The van der Waals surface area contributed by atoms with E-state index in [2.05, 4.69) is 79.9 Å². The maximum absolute atomic E-state index is 14.9. The van der Waals surface area contributed by atoms with Crippen LogP contribution in [0.4, 0.5) is 0 Å². The summed E-state index contributed by atoms with van der Waals surface area (Å²) in [5, 5.41) is 13.8. The van der Waals surface area contributed by atoms with Crippen LogP contribution in [0.2, 0.25) is 0 Å². The Morgan fingerprint density at radius 3 is 1.12 bits per heavy atom. The molecular weight excluding hydrogens is 801 g/mol. The average Bonchev–Trinajstić information content (AvgIpc) is 3.27. The number of piperazine rings is 2. The maximum atomic E-state index is 14.9. The lowest BCUT2D eigenvalue weighted by atomic mass is 9.78. The minimum absolute atomic E-state index is 0.232. The van der Waals surface area contributed by atoms with Gasteiger partial charge in [0.25, 0.3) is 22.2 Å². The van der Waals surface area contributed by atoms with Gasteiger partial charge in [0.1, 0.15) is 0 Å². The van der Waals surface area contributed by atoms with Crippen LogP contribution in [-0.2, 0) is 25.9 Å². The van der Waals surface area contributed by atoms with Crippen molar-refractivity contribution in [3.8, 4) is 0 Å². The predicted molar refractivity (Wildman–Crippen MR) is 265 cm³/mol. The molecule has 7 aromatic carbocycles. The first-order chi connectivity index (χ1) is 30.9. The topological polar surface area (TPSA) is 97.6 Å². The molecule has 2 aromatic heterocycles. The predicted octanol–water partition coefficient (Wildman–Crippen LogP) is 4.63. The largest absolute Gasteiger partial charge is 0.309 e. The van der Waals surface area contributed by atoms with Crippen LogP contribution in [0.3, 0.4) is 0 Å². The van der Waals surface area contributed by atoms with Crippen molar-refractivity contribution in [3.63, 3.8) is 0 Å². The first-order valence-electron chi connectivity index (χ1n) is 23.5. The van der Waals surface area contributed by atoms with Crippen LogP contribution < -0.4 is 22.2 Å². The Hall–Kier alpha value is -5.08. The van der Waals surface area contributed by atoms with Crippen molar-refractivity contribution in [3.05, 3.63) is 88.9 Å². The van der Waals surface area contributed by atoms with Gasteiger partial charge >= 0.3 is 0 Å². The van der Waals surface area contributed by atoms with Crippen LogP contribution >= 0.6 is 0 Å². The lowest BCUT2D eigenvalue weighted by Gasteiger charge is -2.32. The van der Waals surface area contributed by atoms with Crippen molar-refractivity contribution in [2.75, 3.05) is 121 Å². The second-order valence-corrected chi connectivity index (χ2v) is 19.9. The Bertz CT molecular complexity index is 3220. The van der Waals surface area contributed by atoms with Gasteiger partial charge in [-0.1, -0.05) is 12.1 Å². The fourth-order valence-electron chi connectivity index (χ4n) is 11.7. The molecule has 2 fully saturated rings. The summed E-state index contributed by atoms with van der Waals surface area (Å²) in [5.74, 6) is 0. The van der Waals surface area contributed by atoms with Gasteiger partial charge in [0, 0.05) is 122 Å². The van der Waals surface area contributed by atoms with Crippen molar-refractivity contribution in [1.29, 1.82) is 0 Å². The van der Waals surface area contributed by atoms with Crippen molar-refractivity contribution < 1.29 is 0 Å². The summed E-state index contributed by atoms with van der Waals surface area (Å²) in [7, 11) is 12.4. The molecule has 0 aliphatic carbocycles. The van der Waals surface area contributed by atoms with E-state index in [1.54, 1.807) is 0 Å². The molecule has 4 heterocycles. The Kier molecular flexibility index (Phi) is 10.3. The zero-order valence-electron chi connectivity index (χ0n) is 38.4. The maximum Gasteiger partial charge on any atom is 0.261 e. The Morgan fingerprint density at radius 2 is 0.766 bits per heavy atom. The lowest BCUT2D eigenvalue weighted by molar-refractivity contribution is 0.155. The standard InChI is InChI=1S/C52H60N8O4/c1-53(2)11-7-13-59-49(61)37-27-33-25-32(10-16-58-23-19-56(6)20-24-58)36-30-40-44-38(50(62)60(52(40)64)14-8-12-54(3)4)28-34-26-31(9-15-57-21-17-55(5)18-22-57)35-29-39(51(59)63)43(37)47-41(33)46(36)48(44)42(34)45(35)47/h25-30H,7-24H2,1-6H3. The molecule has 0 saturated carbocycles. The highest BCUT2D eigenvalue weighted by molar-refractivity contribution is 6.50. The number of aromatic nitrogens is 2. The van der Waals surface area contributed by atoms with Gasteiger partial charge in [0.2, 0.25) is 0 Å². The van der Waals surface area contributed by atoms with E-state index in [0.29, 0.717) is 47.5 Å². The Labute approximate surface area is 372 Å². The smallest absolute Gasteiger partial charge is 0.261 e. The van der Waals surface area contributed by atoms with E-state index < -0.39 is 0 Å². The van der Waals surface area contributed by atoms with E-state index >= 15 is 0 Å². The summed E-state index contributed by atoms with van der Waals surface area (Å²) >= 11 is 0. The van der Waals surface area contributed by atoms with Gasteiger partial charge < -0.3 is 29.4 Å². The quantitative estimate of drug-likeness (QED) is 0.114. The summed E-state index contributed by atoms with van der Waals surface area (Å²) in [6.07, 6.45) is 2.91. The summed E-state index contributed by atoms with van der Waals surface area (Å²) < 4.78 is 2.97. The van der Waals surface area contributed by atoms with Crippen molar-refractivity contribution in [1.82, 2.24) is 38.5 Å². The van der Waals surface area contributed by atoms with Crippen LogP contribution in [0.25, 0.3) is 86.2 Å². The van der Waals surface area contributed by atoms with Crippen LogP contribution in [0.15, 0.2) is 55.6 Å². The Balaban J connectivity index is 1.26. The molecule has 0 atom stereocenters. The second kappa shape index (κ2) is 15.8. The van der Waals surface area contributed by atoms with Gasteiger partial charge in [0.15, 0.2) is 0 Å². The third-order valence-corrected chi connectivity index (χ3v) is 15.2. The van der Waals surface area contributed by atoms with Crippen molar-refractivity contribution in [2.24, 2.45) is 0 Å². The highest BCUT2D eigenvalue weighted by atomic mass is 16.2. The fraction of sp³-hybridized carbons (Fsp3) is 0.462. The third-order valence-electron chi connectivity index (χ3n) is 15.2. The number of nitrogens with zero attached hydrogens (tertiary/aromatic N) is 8. The molecule has 64 heavy (non-hydrogen) atoms. The SMILES string of the molecule is CN(C)CCCn1c(=O)c2cc3cc(CCN4CCN(C)CC4)c4cc5c(=O)n(CCCN(C)C)c(=O)c6cc7cc(CCN8CCN(C)CC8)c8cc(c1=O)c2c1c3c4c(c65)c7c81. The number of pyridine rings is 2. The molecule has 2 aliphatic heterocycles. The zero-order chi connectivity index (χ0) is 44.3. The highest BCUT2D eigenvalue weighted by Crippen LogP contribution is 2.52. The molecule has 332 valence electrons. The van der Waals surface area contributed by atoms with Gasteiger partial charge in [-0.15, -0.1) is 0 Å². The molecule has 0 radical (unpaired) electrons. The van der Waals surface area contributed by atoms with E-state index in [1.165, 1.54) is 9.13 Å². The lowest BCUT2D eigenvalue weighted by Crippen LogP contribution is -2.45.